The lowest BCUT2D eigenvalue weighted by Crippen LogP contribution is -2.36. The van der Waals surface area contributed by atoms with E-state index in [1.54, 1.807) is 0 Å². The molecule has 7 heteroatoms. The number of sulfonamides is 1. The highest BCUT2D eigenvalue weighted by Crippen LogP contribution is 2.12. The van der Waals surface area contributed by atoms with Crippen molar-refractivity contribution in [1.82, 2.24) is 10.0 Å². The lowest BCUT2D eigenvalue weighted by Gasteiger charge is -2.06. The molecule has 0 saturated carbocycles. The Hall–Kier alpha value is -0.920. The smallest absolute Gasteiger partial charge is 0.235 e. The van der Waals surface area contributed by atoms with Crippen molar-refractivity contribution in [2.75, 3.05) is 19.3 Å². The second kappa shape index (κ2) is 7.62. The predicted octanol–water partition coefficient (Wildman–Crippen LogP) is 1.05. The topological polar surface area (TPSA) is 75.3 Å². The van der Waals surface area contributed by atoms with Crippen LogP contribution < -0.4 is 10.0 Å². The molecule has 5 nitrogen and oxygen atoms in total. The van der Waals surface area contributed by atoms with E-state index in [1.807, 2.05) is 24.3 Å². The van der Waals surface area contributed by atoms with E-state index in [0.717, 1.165) is 23.6 Å². The van der Waals surface area contributed by atoms with Gasteiger partial charge in [0, 0.05) is 11.0 Å². The molecule has 1 aromatic carbocycles. The molecule has 1 aromatic rings. The fourth-order valence-corrected chi connectivity index (χ4v) is 2.31. The van der Waals surface area contributed by atoms with Gasteiger partial charge < -0.3 is 5.32 Å². The van der Waals surface area contributed by atoms with E-state index >= 15 is 0 Å². The molecule has 0 bridgehead atoms. The molecular weight excluding hydrogens is 332 g/mol. The Bertz CT molecular complexity index is 532. The fraction of sp³-hybridized carbons (Fsp3) is 0.417. The summed E-state index contributed by atoms with van der Waals surface area (Å²) < 4.78 is 24.7. The molecule has 2 N–H and O–H groups in total. The summed E-state index contributed by atoms with van der Waals surface area (Å²) in [5.74, 6) is -0.320. The van der Waals surface area contributed by atoms with Gasteiger partial charge >= 0.3 is 0 Å². The predicted molar refractivity (Wildman–Crippen MR) is 78.3 cm³/mol. The van der Waals surface area contributed by atoms with Crippen LogP contribution >= 0.6 is 15.9 Å². The van der Waals surface area contributed by atoms with Gasteiger partial charge in [-0.3, -0.25) is 4.79 Å². The van der Waals surface area contributed by atoms with Gasteiger partial charge in [0.05, 0.1) is 12.8 Å². The molecule has 0 unspecified atom stereocenters. The quantitative estimate of drug-likeness (QED) is 0.723. The van der Waals surface area contributed by atoms with Crippen molar-refractivity contribution in [2.24, 2.45) is 0 Å². The molecule has 0 spiro atoms. The molecule has 0 aliphatic rings. The van der Waals surface area contributed by atoms with Crippen LogP contribution in [-0.4, -0.2) is 33.7 Å². The fourth-order valence-electron chi connectivity index (χ4n) is 1.47. The van der Waals surface area contributed by atoms with Crippen LogP contribution in [0.1, 0.15) is 12.0 Å². The van der Waals surface area contributed by atoms with Gasteiger partial charge in [-0.25, -0.2) is 13.1 Å². The Kier molecular flexibility index (Phi) is 6.47. The first-order valence-corrected chi connectivity index (χ1v) is 8.51. The van der Waals surface area contributed by atoms with Gasteiger partial charge in [-0.15, -0.1) is 0 Å². The largest absolute Gasteiger partial charge is 0.355 e. The maximum atomic E-state index is 11.3. The zero-order chi connectivity index (χ0) is 14.3. The molecule has 0 aliphatic heterocycles. The molecule has 0 atom stereocenters. The minimum atomic E-state index is -3.31. The Morgan fingerprint density at radius 1 is 1.37 bits per heavy atom. The maximum Gasteiger partial charge on any atom is 0.235 e. The van der Waals surface area contributed by atoms with E-state index in [2.05, 4.69) is 26.0 Å². The highest BCUT2D eigenvalue weighted by Gasteiger charge is 2.05. The van der Waals surface area contributed by atoms with E-state index in [-0.39, 0.29) is 12.5 Å². The number of hydrogen-bond acceptors (Lipinski definition) is 3. The monoisotopic (exact) mass is 348 g/mol. The summed E-state index contributed by atoms with van der Waals surface area (Å²) in [7, 11) is -3.31. The Morgan fingerprint density at radius 2 is 2.11 bits per heavy atom. The van der Waals surface area contributed by atoms with Crippen LogP contribution in [0, 0.1) is 0 Å². The maximum absolute atomic E-state index is 11.3. The number of carbonyl (C=O) groups is 1. The molecule has 0 aromatic heterocycles. The molecule has 19 heavy (non-hydrogen) atoms. The summed E-state index contributed by atoms with van der Waals surface area (Å²) in [4.78, 5) is 11.3. The average molecular weight is 349 g/mol. The average Bonchev–Trinajstić information content (AvgIpc) is 2.31. The molecular formula is C12H17BrN2O3S. The van der Waals surface area contributed by atoms with Crippen LogP contribution in [0.15, 0.2) is 28.7 Å². The second-order valence-electron chi connectivity index (χ2n) is 4.18. The third-order valence-electron chi connectivity index (χ3n) is 2.35. The first-order chi connectivity index (χ1) is 8.87. The van der Waals surface area contributed by atoms with Gasteiger partial charge in [0.15, 0.2) is 0 Å². The minimum absolute atomic E-state index is 0.213. The third kappa shape index (κ3) is 7.97. The summed E-state index contributed by atoms with van der Waals surface area (Å²) in [6.07, 6.45) is 2.69. The van der Waals surface area contributed by atoms with Gasteiger partial charge in [0.1, 0.15) is 0 Å². The Morgan fingerprint density at radius 3 is 2.74 bits per heavy atom. The molecule has 1 rings (SSSR count). The molecule has 0 aliphatic carbocycles. The number of hydrogen-bond donors (Lipinski definition) is 2. The molecule has 0 heterocycles. The number of benzene rings is 1. The Balaban J connectivity index is 2.19. The van der Waals surface area contributed by atoms with E-state index in [4.69, 9.17) is 0 Å². The van der Waals surface area contributed by atoms with E-state index in [9.17, 15) is 13.2 Å². The first kappa shape index (κ1) is 16.1. The standard InChI is InChI=1S/C12H17BrN2O3S/c1-19(17,18)15-9-12(16)14-7-3-5-10-4-2-6-11(13)8-10/h2,4,6,8,15H,3,5,7,9H2,1H3,(H,14,16). The lowest BCUT2D eigenvalue weighted by atomic mass is 10.1. The summed E-state index contributed by atoms with van der Waals surface area (Å²) in [5.41, 5.74) is 1.19. The van der Waals surface area contributed by atoms with Gasteiger partial charge in [-0.1, -0.05) is 28.1 Å². The van der Waals surface area contributed by atoms with Crippen LogP contribution in [0.4, 0.5) is 0 Å². The summed E-state index contributed by atoms with van der Waals surface area (Å²) in [6, 6.07) is 7.99. The molecule has 0 saturated heterocycles. The minimum Gasteiger partial charge on any atom is -0.355 e. The summed E-state index contributed by atoms with van der Waals surface area (Å²) in [6.45, 7) is 0.312. The molecule has 1 amide bonds. The Labute approximate surface area is 122 Å². The zero-order valence-electron chi connectivity index (χ0n) is 10.6. The molecule has 106 valence electrons. The number of rotatable bonds is 7. The van der Waals surface area contributed by atoms with Crippen LogP contribution in [0.25, 0.3) is 0 Å². The summed E-state index contributed by atoms with van der Waals surface area (Å²) >= 11 is 3.40. The van der Waals surface area contributed by atoms with Gasteiger partial charge in [0.2, 0.25) is 15.9 Å². The molecule has 0 fully saturated rings. The highest BCUT2D eigenvalue weighted by molar-refractivity contribution is 9.10. The summed E-state index contributed by atoms with van der Waals surface area (Å²) in [5, 5.41) is 2.66. The number of carbonyl (C=O) groups excluding carboxylic acids is 1. The second-order valence-corrected chi connectivity index (χ2v) is 6.93. The van der Waals surface area contributed by atoms with Gasteiger partial charge in [-0.2, -0.15) is 0 Å². The van der Waals surface area contributed by atoms with Crippen molar-refractivity contribution >= 4 is 31.9 Å². The van der Waals surface area contributed by atoms with Crippen molar-refractivity contribution < 1.29 is 13.2 Å². The van der Waals surface area contributed by atoms with Crippen molar-refractivity contribution in [3.63, 3.8) is 0 Å². The highest BCUT2D eigenvalue weighted by atomic mass is 79.9. The van der Waals surface area contributed by atoms with Crippen LogP contribution in [0.5, 0.6) is 0 Å². The van der Waals surface area contributed by atoms with Crippen LogP contribution in [-0.2, 0) is 21.2 Å². The number of nitrogens with one attached hydrogen (secondary N) is 2. The van der Waals surface area contributed by atoms with E-state index < -0.39 is 10.0 Å². The zero-order valence-corrected chi connectivity index (χ0v) is 13.1. The normalized spacial score (nSPS) is 11.3. The first-order valence-electron chi connectivity index (χ1n) is 5.82. The number of halogens is 1. The SMILES string of the molecule is CS(=O)(=O)NCC(=O)NCCCc1cccc(Br)c1. The van der Waals surface area contributed by atoms with Gasteiger partial charge in [-0.05, 0) is 30.5 Å². The van der Waals surface area contributed by atoms with E-state index in [1.165, 1.54) is 5.56 Å². The number of amides is 1. The van der Waals surface area contributed by atoms with Crippen LogP contribution in [0.3, 0.4) is 0 Å². The third-order valence-corrected chi connectivity index (χ3v) is 3.51. The lowest BCUT2D eigenvalue weighted by molar-refractivity contribution is -0.119. The van der Waals surface area contributed by atoms with Crippen LogP contribution in [0.2, 0.25) is 0 Å². The molecule has 0 radical (unpaired) electrons. The number of aryl methyl sites for hydroxylation is 1. The van der Waals surface area contributed by atoms with E-state index in [0.29, 0.717) is 6.54 Å². The van der Waals surface area contributed by atoms with Gasteiger partial charge in [0.25, 0.3) is 0 Å². The van der Waals surface area contributed by atoms with Crippen molar-refractivity contribution in [1.29, 1.82) is 0 Å². The van der Waals surface area contributed by atoms with Crippen molar-refractivity contribution in [3.8, 4) is 0 Å². The van der Waals surface area contributed by atoms with Crippen molar-refractivity contribution in [3.05, 3.63) is 34.3 Å². The van der Waals surface area contributed by atoms with Crippen molar-refractivity contribution in [2.45, 2.75) is 12.8 Å².